The van der Waals surface area contributed by atoms with E-state index in [2.05, 4.69) is 55.7 Å². The van der Waals surface area contributed by atoms with Crippen molar-refractivity contribution in [2.24, 2.45) is 11.8 Å². The van der Waals surface area contributed by atoms with E-state index in [1.54, 1.807) is 19.9 Å². The number of ether oxygens (including phenoxy) is 1. The number of carboxylic acid groups (broad SMARTS) is 1. The lowest BCUT2D eigenvalue weighted by Gasteiger charge is -2.31. The number of hydrogen-bond acceptors (Lipinski definition) is 4. The number of carbonyl (C=O) groups is 3. The van der Waals surface area contributed by atoms with Crippen LogP contribution in [0.15, 0.2) is 60.2 Å². The third-order valence-corrected chi connectivity index (χ3v) is 7.66. The van der Waals surface area contributed by atoms with Crippen molar-refractivity contribution in [1.82, 2.24) is 10.6 Å². The van der Waals surface area contributed by atoms with Crippen LogP contribution >= 0.6 is 0 Å². The standard InChI is InChI=1S/C31H40N2O5/c1-6-19(2)28(20(3)12-11-13-21(4)30(35)36)33-29(34)22(5)32-31(37)38-18-27-25-16-9-7-14-23(25)24-15-8-10-17-26(24)27/h7-10,13-17,19-20,22,27-28H,6,11-12,18H2,1-5H3,(H,32,37)(H,33,34)(H,35,36)/b21-13+. The van der Waals surface area contributed by atoms with E-state index in [1.165, 1.54) is 0 Å². The second-order valence-electron chi connectivity index (χ2n) is 10.4. The van der Waals surface area contributed by atoms with Crippen LogP contribution in [0.1, 0.15) is 70.9 Å². The average Bonchev–Trinajstić information content (AvgIpc) is 3.23. The summed E-state index contributed by atoms with van der Waals surface area (Å²) < 4.78 is 5.59. The summed E-state index contributed by atoms with van der Waals surface area (Å²) in [4.78, 5) is 36.7. The molecule has 38 heavy (non-hydrogen) atoms. The van der Waals surface area contributed by atoms with Crippen molar-refractivity contribution < 1.29 is 24.2 Å². The van der Waals surface area contributed by atoms with Crippen LogP contribution in [0.4, 0.5) is 4.79 Å². The highest BCUT2D eigenvalue weighted by molar-refractivity contribution is 5.86. The van der Waals surface area contributed by atoms with Crippen molar-refractivity contribution in [2.75, 3.05) is 6.61 Å². The van der Waals surface area contributed by atoms with Crippen molar-refractivity contribution in [3.05, 3.63) is 71.3 Å². The van der Waals surface area contributed by atoms with Gasteiger partial charge in [0.2, 0.25) is 5.91 Å². The lowest BCUT2D eigenvalue weighted by Crippen LogP contribution is -2.51. The minimum absolute atomic E-state index is 0.0493. The molecule has 1 aliphatic rings. The summed E-state index contributed by atoms with van der Waals surface area (Å²) in [6.07, 6.45) is 3.34. The molecule has 3 rings (SSSR count). The quantitative estimate of drug-likeness (QED) is 0.303. The van der Waals surface area contributed by atoms with Gasteiger partial charge >= 0.3 is 12.1 Å². The van der Waals surface area contributed by atoms with E-state index >= 15 is 0 Å². The summed E-state index contributed by atoms with van der Waals surface area (Å²) in [7, 11) is 0. The zero-order valence-corrected chi connectivity index (χ0v) is 23.0. The number of carbonyl (C=O) groups excluding carboxylic acids is 2. The monoisotopic (exact) mass is 520 g/mol. The number of benzene rings is 2. The minimum Gasteiger partial charge on any atom is -0.478 e. The lowest BCUT2D eigenvalue weighted by molar-refractivity contribution is -0.132. The van der Waals surface area contributed by atoms with Crippen molar-refractivity contribution in [2.45, 2.75) is 71.9 Å². The SMILES string of the molecule is CCC(C)C(NC(=O)C(C)NC(=O)OCC1c2ccccc2-c2ccccc21)C(C)CC/C=C(\C)C(=O)O. The van der Waals surface area contributed by atoms with Crippen molar-refractivity contribution >= 4 is 18.0 Å². The van der Waals surface area contributed by atoms with Crippen molar-refractivity contribution in [3.63, 3.8) is 0 Å². The molecule has 0 saturated carbocycles. The highest BCUT2D eigenvalue weighted by Crippen LogP contribution is 2.44. The summed E-state index contributed by atoms with van der Waals surface area (Å²) in [5.74, 6) is -0.884. The van der Waals surface area contributed by atoms with Gasteiger partial charge < -0.3 is 20.5 Å². The smallest absolute Gasteiger partial charge is 0.407 e. The summed E-state index contributed by atoms with van der Waals surface area (Å²) in [5.41, 5.74) is 4.90. The molecule has 0 heterocycles. The Morgan fingerprint density at radius 2 is 1.53 bits per heavy atom. The van der Waals surface area contributed by atoms with E-state index in [9.17, 15) is 14.4 Å². The normalized spacial score (nSPS) is 16.0. The van der Waals surface area contributed by atoms with Crippen LogP contribution < -0.4 is 10.6 Å². The Hall–Kier alpha value is -3.61. The average molecular weight is 521 g/mol. The fourth-order valence-electron chi connectivity index (χ4n) is 5.10. The molecule has 4 unspecified atom stereocenters. The Bertz CT molecular complexity index is 1130. The first kappa shape index (κ1) is 29.0. The number of alkyl carbamates (subject to hydrolysis) is 1. The van der Waals surface area contributed by atoms with Crippen LogP contribution in [-0.4, -0.2) is 41.8 Å². The molecule has 7 heteroatoms. The lowest BCUT2D eigenvalue weighted by atomic mass is 9.85. The largest absolute Gasteiger partial charge is 0.478 e. The van der Waals surface area contributed by atoms with Gasteiger partial charge in [0.25, 0.3) is 0 Å². The van der Waals surface area contributed by atoms with E-state index in [1.807, 2.05) is 24.3 Å². The Labute approximate surface area is 225 Å². The molecule has 0 spiro atoms. The summed E-state index contributed by atoms with van der Waals surface area (Å²) in [6, 6.07) is 15.4. The molecular weight excluding hydrogens is 480 g/mol. The number of hydrogen-bond donors (Lipinski definition) is 3. The molecule has 0 fully saturated rings. The van der Waals surface area contributed by atoms with Crippen LogP contribution in [0.3, 0.4) is 0 Å². The van der Waals surface area contributed by atoms with Gasteiger partial charge in [0.15, 0.2) is 0 Å². The number of amides is 2. The number of carboxylic acids is 1. The first-order valence-electron chi connectivity index (χ1n) is 13.5. The molecule has 3 N–H and O–H groups in total. The third kappa shape index (κ3) is 7.03. The molecule has 1 aliphatic carbocycles. The van der Waals surface area contributed by atoms with E-state index < -0.39 is 18.1 Å². The summed E-state index contributed by atoms with van der Waals surface area (Å²) >= 11 is 0. The zero-order valence-electron chi connectivity index (χ0n) is 23.0. The van der Waals surface area contributed by atoms with E-state index in [0.717, 1.165) is 35.1 Å². The topological polar surface area (TPSA) is 105 Å². The van der Waals surface area contributed by atoms with E-state index in [-0.39, 0.29) is 36.3 Å². The van der Waals surface area contributed by atoms with Crippen LogP contribution in [0, 0.1) is 11.8 Å². The van der Waals surface area contributed by atoms with Crippen LogP contribution in [0.5, 0.6) is 0 Å². The molecule has 204 valence electrons. The van der Waals surface area contributed by atoms with Gasteiger partial charge in [-0.1, -0.05) is 81.8 Å². The molecule has 4 atom stereocenters. The number of allylic oxidation sites excluding steroid dienone is 1. The van der Waals surface area contributed by atoms with Crippen LogP contribution in [0.2, 0.25) is 0 Å². The Morgan fingerprint density at radius 3 is 2.08 bits per heavy atom. The molecule has 7 nitrogen and oxygen atoms in total. The van der Waals surface area contributed by atoms with Crippen molar-refractivity contribution in [3.8, 4) is 11.1 Å². The Morgan fingerprint density at radius 1 is 0.947 bits per heavy atom. The van der Waals surface area contributed by atoms with Gasteiger partial charge in [0.1, 0.15) is 12.6 Å². The van der Waals surface area contributed by atoms with Gasteiger partial charge in [0.05, 0.1) is 0 Å². The second-order valence-corrected chi connectivity index (χ2v) is 10.4. The van der Waals surface area contributed by atoms with E-state index in [0.29, 0.717) is 12.0 Å². The molecular formula is C31H40N2O5. The number of aliphatic carboxylic acids is 1. The van der Waals surface area contributed by atoms with Gasteiger partial charge in [-0.2, -0.15) is 0 Å². The maximum absolute atomic E-state index is 13.0. The predicted molar refractivity (Wildman–Crippen MR) is 149 cm³/mol. The number of nitrogens with one attached hydrogen (secondary N) is 2. The second kappa shape index (κ2) is 13.3. The first-order chi connectivity index (χ1) is 18.1. The highest BCUT2D eigenvalue weighted by Gasteiger charge is 2.30. The zero-order chi connectivity index (χ0) is 27.8. The molecule has 0 aliphatic heterocycles. The maximum Gasteiger partial charge on any atom is 0.407 e. The van der Waals surface area contributed by atoms with Crippen LogP contribution in [-0.2, 0) is 14.3 Å². The molecule has 0 aromatic heterocycles. The maximum atomic E-state index is 13.0. The Balaban J connectivity index is 1.55. The van der Waals surface area contributed by atoms with Gasteiger partial charge in [0, 0.05) is 17.5 Å². The minimum atomic E-state index is -0.919. The molecule has 0 saturated heterocycles. The predicted octanol–water partition coefficient (Wildman–Crippen LogP) is 5.89. The summed E-state index contributed by atoms with van der Waals surface area (Å²) in [6.45, 7) is 9.63. The molecule has 0 bridgehead atoms. The fourth-order valence-corrected chi connectivity index (χ4v) is 5.10. The van der Waals surface area contributed by atoms with Crippen molar-refractivity contribution in [1.29, 1.82) is 0 Å². The first-order valence-corrected chi connectivity index (χ1v) is 13.5. The highest BCUT2D eigenvalue weighted by atomic mass is 16.5. The molecule has 0 radical (unpaired) electrons. The molecule has 2 aromatic carbocycles. The fraction of sp³-hybridized carbons (Fsp3) is 0.452. The number of fused-ring (bicyclic) bond motifs is 3. The van der Waals surface area contributed by atoms with Crippen LogP contribution in [0.25, 0.3) is 11.1 Å². The number of rotatable bonds is 12. The third-order valence-electron chi connectivity index (χ3n) is 7.66. The molecule has 2 aromatic rings. The van der Waals surface area contributed by atoms with E-state index in [4.69, 9.17) is 9.84 Å². The summed E-state index contributed by atoms with van der Waals surface area (Å²) in [5, 5.41) is 14.8. The van der Waals surface area contributed by atoms with Gasteiger partial charge in [-0.15, -0.1) is 0 Å². The Kier molecular flexibility index (Phi) is 10.1. The van der Waals surface area contributed by atoms with Gasteiger partial charge in [-0.25, -0.2) is 9.59 Å². The van der Waals surface area contributed by atoms with Gasteiger partial charge in [-0.05, 0) is 60.8 Å². The van der Waals surface area contributed by atoms with Gasteiger partial charge in [-0.3, -0.25) is 4.79 Å². The molecule has 2 amide bonds.